The molecule has 0 unspecified atom stereocenters. The van der Waals surface area contributed by atoms with Crippen molar-refractivity contribution in [2.24, 2.45) is 5.73 Å². The van der Waals surface area contributed by atoms with Gasteiger partial charge in [0.05, 0.1) is 13.2 Å². The molecule has 0 aliphatic rings. The first kappa shape index (κ1) is 31.6. The van der Waals surface area contributed by atoms with Gasteiger partial charge in [-0.2, -0.15) is 0 Å². The fourth-order valence-corrected chi connectivity index (χ4v) is 1.57. The molecule has 0 saturated heterocycles. The number of carbonyl (C=O) groups excluding carboxylic acids is 2. The number of carbonyl (C=O) groups is 3. The molecule has 0 aromatic rings. The zero-order valence-electron chi connectivity index (χ0n) is 16.7. The maximum absolute atomic E-state index is 11.0. The van der Waals surface area contributed by atoms with Gasteiger partial charge in [0.1, 0.15) is 6.04 Å². The lowest BCUT2D eigenvalue weighted by molar-refractivity contribution is -0.138. The van der Waals surface area contributed by atoms with Crippen LogP contribution >= 0.6 is 0 Å². The monoisotopic (exact) mass is 425 g/mol. The van der Waals surface area contributed by atoms with Gasteiger partial charge in [-0.3, -0.25) is 4.79 Å². The van der Waals surface area contributed by atoms with Crippen molar-refractivity contribution in [2.45, 2.75) is 65.5 Å². The molecular formula is C18H39N3O8. The van der Waals surface area contributed by atoms with Crippen molar-refractivity contribution in [1.29, 1.82) is 0 Å². The van der Waals surface area contributed by atoms with Crippen molar-refractivity contribution in [3.05, 3.63) is 0 Å². The summed E-state index contributed by atoms with van der Waals surface area (Å²) in [5, 5.41) is 29.9. The van der Waals surface area contributed by atoms with E-state index in [9.17, 15) is 14.4 Å². The van der Waals surface area contributed by atoms with Gasteiger partial charge in [0.2, 0.25) is 0 Å². The van der Waals surface area contributed by atoms with Crippen LogP contribution in [0.25, 0.3) is 0 Å². The number of alkyl carbamates (subject to hydrolysis) is 2. The molecule has 0 fully saturated rings. The Morgan fingerprint density at radius 1 is 0.931 bits per heavy atom. The van der Waals surface area contributed by atoms with Crippen molar-refractivity contribution in [1.82, 2.24) is 10.6 Å². The number of aliphatic hydroxyl groups is 2. The highest BCUT2D eigenvalue weighted by Gasteiger charge is 2.14. The van der Waals surface area contributed by atoms with E-state index in [-0.39, 0.29) is 39.9 Å². The molecule has 7 N–H and O–H groups in total. The van der Waals surface area contributed by atoms with Gasteiger partial charge in [-0.25, -0.2) is 9.59 Å². The van der Waals surface area contributed by atoms with E-state index in [2.05, 4.69) is 15.4 Å². The highest BCUT2D eigenvalue weighted by molar-refractivity contribution is 5.79. The molecule has 0 aromatic carbocycles. The lowest BCUT2D eigenvalue weighted by atomic mass is 10.1. The highest BCUT2D eigenvalue weighted by Crippen LogP contribution is 1.97. The van der Waals surface area contributed by atoms with E-state index in [0.717, 1.165) is 19.3 Å². The Labute approximate surface area is 172 Å². The molecule has 0 saturated carbocycles. The number of aliphatic carboxylic acids is 1. The van der Waals surface area contributed by atoms with E-state index in [1.54, 1.807) is 0 Å². The van der Waals surface area contributed by atoms with E-state index in [0.29, 0.717) is 19.4 Å². The lowest BCUT2D eigenvalue weighted by Gasteiger charge is -2.09. The molecule has 174 valence electrons. The number of amides is 2. The van der Waals surface area contributed by atoms with Crippen molar-refractivity contribution < 1.29 is 39.2 Å². The minimum Gasteiger partial charge on any atom is -0.480 e. The maximum Gasteiger partial charge on any atom is 0.407 e. The van der Waals surface area contributed by atoms with Crippen molar-refractivity contribution >= 4 is 18.2 Å². The Morgan fingerprint density at radius 3 is 1.90 bits per heavy atom. The largest absolute Gasteiger partial charge is 0.480 e. The summed E-state index contributed by atoms with van der Waals surface area (Å²) in [5.41, 5.74) is 5.58. The average molecular weight is 426 g/mol. The fourth-order valence-electron chi connectivity index (χ4n) is 1.57. The molecule has 2 atom stereocenters. The highest BCUT2D eigenvalue weighted by atomic mass is 16.6. The first-order chi connectivity index (χ1) is 13.2. The molecule has 0 aliphatic carbocycles. The maximum atomic E-state index is 11.0. The zero-order valence-corrected chi connectivity index (χ0v) is 16.7. The summed E-state index contributed by atoms with van der Waals surface area (Å²) in [5.74, 6) is -1.13. The topological polar surface area (TPSA) is 180 Å². The van der Waals surface area contributed by atoms with Crippen LogP contribution in [0.5, 0.6) is 0 Å². The Balaban J connectivity index is -0.000000455. The molecular weight excluding hydrogens is 386 g/mol. The number of hydrogen-bond acceptors (Lipinski definition) is 8. The van der Waals surface area contributed by atoms with Gasteiger partial charge in [0.25, 0.3) is 0 Å². The van der Waals surface area contributed by atoms with Crippen molar-refractivity contribution in [2.75, 3.05) is 33.0 Å². The first-order valence-electron chi connectivity index (χ1n) is 9.28. The fraction of sp³-hybridized carbons (Fsp3) is 0.833. The molecule has 11 heteroatoms. The first-order valence-corrected chi connectivity index (χ1v) is 9.28. The Kier molecular flexibility index (Phi) is 24.2. The molecule has 0 heterocycles. The predicted molar refractivity (Wildman–Crippen MR) is 109 cm³/mol. The summed E-state index contributed by atoms with van der Waals surface area (Å²) in [6.45, 7) is 4.23. The molecule has 11 nitrogen and oxygen atoms in total. The Hall–Kier alpha value is -2.11. The van der Waals surface area contributed by atoms with Gasteiger partial charge < -0.3 is 41.2 Å². The van der Waals surface area contributed by atoms with Gasteiger partial charge in [0, 0.05) is 38.6 Å². The second-order valence-corrected chi connectivity index (χ2v) is 6.03. The summed E-state index contributed by atoms with van der Waals surface area (Å²) in [7, 11) is 0. The van der Waals surface area contributed by atoms with Crippen LogP contribution < -0.4 is 16.4 Å². The van der Waals surface area contributed by atoms with Crippen LogP contribution in [-0.2, 0) is 14.3 Å². The van der Waals surface area contributed by atoms with Crippen LogP contribution in [0.3, 0.4) is 0 Å². The van der Waals surface area contributed by atoms with E-state index in [4.69, 9.17) is 25.8 Å². The van der Waals surface area contributed by atoms with Gasteiger partial charge in [-0.05, 0) is 26.7 Å². The number of nitrogens with one attached hydrogen (secondary N) is 2. The summed E-state index contributed by atoms with van der Waals surface area (Å²) in [6, 6.07) is -0.747. The molecule has 0 rings (SSSR count). The number of nitrogens with two attached hydrogens (primary N) is 1. The van der Waals surface area contributed by atoms with E-state index in [1.165, 1.54) is 6.92 Å². The van der Waals surface area contributed by atoms with Crippen molar-refractivity contribution in [3.63, 3.8) is 0 Å². The smallest absolute Gasteiger partial charge is 0.407 e. The predicted octanol–water partition coefficient (Wildman–Crippen LogP) is 0.817. The van der Waals surface area contributed by atoms with Crippen LogP contribution in [0.15, 0.2) is 0 Å². The third-order valence-electron chi connectivity index (χ3n) is 3.13. The van der Waals surface area contributed by atoms with E-state index >= 15 is 0 Å². The number of hydrogen-bond donors (Lipinski definition) is 6. The standard InChI is InChI=1S/C10H22N2O3.C7H13NO5.CH4/c1-9(11)5-2-3-6-12-10(14)15-8-4-7-13;1-5(6(10)11)8-7(12)13-4-2-3-9;/h9,13H,2-8,11H2,1H3,(H,12,14);5,9H,2-4H2,1H3,(H,8,12)(H,10,11);1H4/t9-;5-;/m10./s1. The normalized spacial score (nSPS) is 11.6. The molecule has 0 spiro atoms. The number of carboxylic acid groups (broad SMARTS) is 1. The van der Waals surface area contributed by atoms with Gasteiger partial charge in [0.15, 0.2) is 0 Å². The van der Waals surface area contributed by atoms with Crippen LogP contribution in [0.2, 0.25) is 0 Å². The quantitative estimate of drug-likeness (QED) is 0.233. The number of aliphatic hydroxyl groups excluding tert-OH is 2. The van der Waals surface area contributed by atoms with E-state index in [1.807, 2.05) is 6.92 Å². The van der Waals surface area contributed by atoms with Crippen molar-refractivity contribution in [3.8, 4) is 0 Å². The minimum absolute atomic E-state index is 0. The Bertz CT molecular complexity index is 422. The molecule has 29 heavy (non-hydrogen) atoms. The lowest BCUT2D eigenvalue weighted by Crippen LogP contribution is -2.38. The summed E-state index contributed by atoms with van der Waals surface area (Å²) in [6.07, 6.45) is 2.52. The van der Waals surface area contributed by atoms with Crippen LogP contribution in [0.1, 0.15) is 53.4 Å². The summed E-state index contributed by atoms with van der Waals surface area (Å²) < 4.78 is 9.31. The van der Waals surface area contributed by atoms with Crippen LogP contribution in [-0.4, -0.2) is 78.5 Å². The van der Waals surface area contributed by atoms with Gasteiger partial charge in [-0.15, -0.1) is 0 Å². The van der Waals surface area contributed by atoms with Gasteiger partial charge >= 0.3 is 18.2 Å². The van der Waals surface area contributed by atoms with E-state index < -0.39 is 24.2 Å². The Morgan fingerprint density at radius 2 is 1.45 bits per heavy atom. The molecule has 0 aromatic heterocycles. The van der Waals surface area contributed by atoms with Crippen LogP contribution in [0, 0.1) is 0 Å². The molecule has 0 radical (unpaired) electrons. The molecule has 0 aliphatic heterocycles. The number of rotatable bonds is 13. The third-order valence-corrected chi connectivity index (χ3v) is 3.13. The number of carboxylic acids is 1. The second-order valence-electron chi connectivity index (χ2n) is 6.03. The third kappa shape index (κ3) is 25.9. The number of ether oxygens (including phenoxy) is 2. The summed E-state index contributed by atoms with van der Waals surface area (Å²) in [4.78, 5) is 32.0. The zero-order chi connectivity index (χ0) is 21.8. The molecule has 0 bridgehead atoms. The summed E-state index contributed by atoms with van der Waals surface area (Å²) >= 11 is 0. The van der Waals surface area contributed by atoms with Crippen LogP contribution in [0.4, 0.5) is 9.59 Å². The van der Waals surface area contributed by atoms with Gasteiger partial charge in [-0.1, -0.05) is 13.8 Å². The SMILES string of the molecule is C.C[C@@H](N)CCCCNC(=O)OCCCO.C[C@H](NC(=O)OCCCO)C(=O)O. The second kappa shape index (κ2) is 22.2. The minimum atomic E-state index is -1.13. The average Bonchev–Trinajstić information content (AvgIpc) is 2.62. The molecule has 2 amide bonds. The number of unbranched alkanes of at least 4 members (excludes halogenated alkanes) is 1.